The summed E-state index contributed by atoms with van der Waals surface area (Å²) in [6, 6.07) is 6.51. The maximum absolute atomic E-state index is 12.0. The van der Waals surface area contributed by atoms with Gasteiger partial charge in [-0.2, -0.15) is 0 Å². The van der Waals surface area contributed by atoms with Gasteiger partial charge in [-0.05, 0) is 30.0 Å². The summed E-state index contributed by atoms with van der Waals surface area (Å²) < 4.78 is 26.6. The van der Waals surface area contributed by atoms with E-state index in [2.05, 4.69) is 10.0 Å². The normalized spacial score (nSPS) is 11.6. The van der Waals surface area contributed by atoms with Crippen LogP contribution in [0.1, 0.15) is 25.8 Å². The van der Waals surface area contributed by atoms with Crippen LogP contribution >= 0.6 is 0 Å². The fourth-order valence-corrected chi connectivity index (χ4v) is 2.95. The lowest BCUT2D eigenvalue weighted by atomic mass is 10.1. The number of carbonyl (C=O) groups is 1. The number of aliphatic hydroxyl groups excluding tert-OH is 1. The Balaban J connectivity index is 2.57. The first-order valence-corrected chi connectivity index (χ1v) is 8.79. The molecular formula is C15H24N2O4S. The van der Waals surface area contributed by atoms with Crippen LogP contribution in [-0.4, -0.2) is 39.1 Å². The average molecular weight is 328 g/mol. The quantitative estimate of drug-likeness (QED) is 0.620. The number of sulfonamides is 1. The molecule has 0 spiro atoms. The van der Waals surface area contributed by atoms with Crippen LogP contribution in [0.25, 0.3) is 0 Å². The summed E-state index contributed by atoms with van der Waals surface area (Å²) >= 11 is 0. The zero-order valence-corrected chi connectivity index (χ0v) is 13.8. The third kappa shape index (κ3) is 6.55. The predicted molar refractivity (Wildman–Crippen MR) is 84.9 cm³/mol. The Morgan fingerprint density at radius 3 is 2.41 bits per heavy atom. The molecule has 0 saturated carbocycles. The average Bonchev–Trinajstić information content (AvgIpc) is 2.49. The van der Waals surface area contributed by atoms with Crippen molar-refractivity contribution in [2.45, 2.75) is 31.6 Å². The summed E-state index contributed by atoms with van der Waals surface area (Å²) in [5.41, 5.74) is 0.891. The number of nitrogens with one attached hydrogen (secondary N) is 2. The SMILES string of the molecule is CC(C)CNS(=O)(=O)c1ccc(CCC(=O)NCCO)cc1. The maximum Gasteiger partial charge on any atom is 0.240 e. The molecule has 0 bridgehead atoms. The highest BCUT2D eigenvalue weighted by atomic mass is 32.2. The van der Waals surface area contributed by atoms with Gasteiger partial charge in [0.05, 0.1) is 11.5 Å². The molecule has 22 heavy (non-hydrogen) atoms. The first kappa shape index (κ1) is 18.6. The Labute approximate surface area is 132 Å². The summed E-state index contributed by atoms with van der Waals surface area (Å²) in [5.74, 6) is 0.107. The molecule has 1 aromatic rings. The van der Waals surface area contributed by atoms with Crippen molar-refractivity contribution in [3.8, 4) is 0 Å². The van der Waals surface area contributed by atoms with Crippen LogP contribution in [0.15, 0.2) is 29.2 Å². The number of hydrogen-bond donors (Lipinski definition) is 3. The fraction of sp³-hybridized carbons (Fsp3) is 0.533. The van der Waals surface area contributed by atoms with E-state index in [0.29, 0.717) is 19.4 Å². The number of aryl methyl sites for hydroxylation is 1. The number of aliphatic hydroxyl groups is 1. The minimum absolute atomic E-state index is 0.0817. The first-order chi connectivity index (χ1) is 10.3. The second-order valence-electron chi connectivity index (χ2n) is 5.46. The molecule has 1 rings (SSSR count). The topological polar surface area (TPSA) is 95.5 Å². The lowest BCUT2D eigenvalue weighted by Gasteiger charge is -2.09. The minimum Gasteiger partial charge on any atom is -0.395 e. The van der Waals surface area contributed by atoms with E-state index in [1.165, 1.54) is 0 Å². The molecule has 0 aliphatic heterocycles. The van der Waals surface area contributed by atoms with Crippen LogP contribution in [0.3, 0.4) is 0 Å². The third-order valence-electron chi connectivity index (χ3n) is 2.99. The lowest BCUT2D eigenvalue weighted by molar-refractivity contribution is -0.121. The molecule has 0 saturated heterocycles. The molecule has 1 amide bonds. The van der Waals surface area contributed by atoms with Gasteiger partial charge in [0, 0.05) is 19.5 Å². The van der Waals surface area contributed by atoms with Crippen molar-refractivity contribution in [3.63, 3.8) is 0 Å². The molecule has 7 heteroatoms. The van der Waals surface area contributed by atoms with Gasteiger partial charge in [-0.3, -0.25) is 4.79 Å². The van der Waals surface area contributed by atoms with Crippen molar-refractivity contribution in [1.82, 2.24) is 10.0 Å². The van der Waals surface area contributed by atoms with Crippen LogP contribution in [0, 0.1) is 5.92 Å². The van der Waals surface area contributed by atoms with Gasteiger partial charge in [0.15, 0.2) is 0 Å². The van der Waals surface area contributed by atoms with Gasteiger partial charge in [0.1, 0.15) is 0 Å². The zero-order chi connectivity index (χ0) is 16.6. The van der Waals surface area contributed by atoms with E-state index in [1.54, 1.807) is 24.3 Å². The van der Waals surface area contributed by atoms with E-state index in [9.17, 15) is 13.2 Å². The van der Waals surface area contributed by atoms with Crippen LogP contribution in [0.5, 0.6) is 0 Å². The first-order valence-electron chi connectivity index (χ1n) is 7.31. The van der Waals surface area contributed by atoms with Gasteiger partial charge in [-0.1, -0.05) is 26.0 Å². The third-order valence-corrected chi connectivity index (χ3v) is 4.43. The monoisotopic (exact) mass is 328 g/mol. The number of rotatable bonds is 9. The van der Waals surface area contributed by atoms with Crippen molar-refractivity contribution in [3.05, 3.63) is 29.8 Å². The number of carbonyl (C=O) groups excluding carboxylic acids is 1. The summed E-state index contributed by atoms with van der Waals surface area (Å²) in [6.07, 6.45) is 0.828. The molecule has 0 fully saturated rings. The van der Waals surface area contributed by atoms with Gasteiger partial charge in [0.2, 0.25) is 15.9 Å². The van der Waals surface area contributed by atoms with Crippen molar-refractivity contribution in [2.75, 3.05) is 19.7 Å². The molecule has 0 aliphatic rings. The predicted octanol–water partition coefficient (Wildman–Crippen LogP) is 0.662. The molecule has 0 radical (unpaired) electrons. The van der Waals surface area contributed by atoms with E-state index in [0.717, 1.165) is 5.56 Å². The smallest absolute Gasteiger partial charge is 0.240 e. The molecule has 6 nitrogen and oxygen atoms in total. The highest BCUT2D eigenvalue weighted by Gasteiger charge is 2.13. The van der Waals surface area contributed by atoms with Gasteiger partial charge in [-0.15, -0.1) is 0 Å². The molecular weight excluding hydrogens is 304 g/mol. The van der Waals surface area contributed by atoms with E-state index in [4.69, 9.17) is 5.11 Å². The molecule has 0 aliphatic carbocycles. The van der Waals surface area contributed by atoms with E-state index >= 15 is 0 Å². The van der Waals surface area contributed by atoms with Crippen LogP contribution < -0.4 is 10.0 Å². The Bertz CT molecular complexity index is 568. The van der Waals surface area contributed by atoms with E-state index in [-0.39, 0.29) is 29.9 Å². The van der Waals surface area contributed by atoms with Crippen LogP contribution in [0.2, 0.25) is 0 Å². The highest BCUT2D eigenvalue weighted by molar-refractivity contribution is 7.89. The molecule has 124 valence electrons. The summed E-state index contributed by atoms with van der Waals surface area (Å²) in [5, 5.41) is 11.2. The number of amides is 1. The van der Waals surface area contributed by atoms with Gasteiger partial charge >= 0.3 is 0 Å². The molecule has 0 heterocycles. The Morgan fingerprint density at radius 1 is 1.23 bits per heavy atom. The standard InChI is InChI=1S/C15H24N2O4S/c1-12(2)11-17-22(20,21)14-6-3-13(4-7-14)5-8-15(19)16-9-10-18/h3-4,6-7,12,17-18H,5,8-11H2,1-2H3,(H,16,19). The molecule has 1 aromatic carbocycles. The summed E-state index contributed by atoms with van der Waals surface area (Å²) in [7, 11) is -3.47. The van der Waals surface area contributed by atoms with Crippen molar-refractivity contribution >= 4 is 15.9 Å². The number of hydrogen-bond acceptors (Lipinski definition) is 4. The van der Waals surface area contributed by atoms with E-state index in [1.807, 2.05) is 13.8 Å². The fourth-order valence-electron chi connectivity index (χ4n) is 1.74. The second kappa shape index (κ2) is 8.87. The summed E-state index contributed by atoms with van der Waals surface area (Å²) in [4.78, 5) is 11.6. The minimum atomic E-state index is -3.47. The van der Waals surface area contributed by atoms with Crippen molar-refractivity contribution < 1.29 is 18.3 Å². The largest absolute Gasteiger partial charge is 0.395 e. The second-order valence-corrected chi connectivity index (χ2v) is 7.23. The molecule has 0 aromatic heterocycles. The Kier molecular flexibility index (Phi) is 7.50. The maximum atomic E-state index is 12.0. The zero-order valence-electron chi connectivity index (χ0n) is 13.0. The van der Waals surface area contributed by atoms with Gasteiger partial charge in [0.25, 0.3) is 0 Å². The Morgan fingerprint density at radius 2 is 1.86 bits per heavy atom. The highest BCUT2D eigenvalue weighted by Crippen LogP contribution is 2.12. The number of benzene rings is 1. The summed E-state index contributed by atoms with van der Waals surface area (Å²) in [6.45, 7) is 4.44. The van der Waals surface area contributed by atoms with Crippen molar-refractivity contribution in [1.29, 1.82) is 0 Å². The molecule has 0 atom stereocenters. The van der Waals surface area contributed by atoms with E-state index < -0.39 is 10.0 Å². The van der Waals surface area contributed by atoms with Crippen LogP contribution in [0.4, 0.5) is 0 Å². The van der Waals surface area contributed by atoms with Crippen molar-refractivity contribution in [2.24, 2.45) is 5.92 Å². The Hall–Kier alpha value is -1.44. The van der Waals surface area contributed by atoms with Gasteiger partial charge in [-0.25, -0.2) is 13.1 Å². The lowest BCUT2D eigenvalue weighted by Crippen LogP contribution is -2.27. The molecule has 3 N–H and O–H groups in total. The molecule has 0 unspecified atom stereocenters. The van der Waals surface area contributed by atoms with Gasteiger partial charge < -0.3 is 10.4 Å². The van der Waals surface area contributed by atoms with Crippen LogP contribution in [-0.2, 0) is 21.2 Å².